The Balaban J connectivity index is 3.72. The number of nitrogens with two attached hydrogens (primary N) is 1. The van der Waals surface area contributed by atoms with Crippen LogP contribution in [0.4, 0.5) is 0 Å². The number of rotatable bonds is 3. The molecule has 0 aromatic rings. The molecule has 2 atom stereocenters. The van der Waals surface area contributed by atoms with E-state index in [2.05, 4.69) is 0 Å². The summed E-state index contributed by atoms with van der Waals surface area (Å²) >= 11 is 10.9. The summed E-state index contributed by atoms with van der Waals surface area (Å²) in [6, 6.07) is 0. The molecular formula is C5H9Cl2NO. The fourth-order valence-corrected chi connectivity index (χ4v) is 0.703. The summed E-state index contributed by atoms with van der Waals surface area (Å²) in [4.78, 5) is 10.4. The smallest absolute Gasteiger partial charge is 0.221 e. The number of hydrogen-bond acceptors (Lipinski definition) is 1. The summed E-state index contributed by atoms with van der Waals surface area (Å²) in [6.07, 6.45) is 0. The molecule has 0 saturated heterocycles. The van der Waals surface area contributed by atoms with Gasteiger partial charge in [-0.05, 0) is 0 Å². The van der Waals surface area contributed by atoms with Crippen molar-refractivity contribution in [1.29, 1.82) is 0 Å². The molecule has 0 radical (unpaired) electrons. The zero-order valence-electron chi connectivity index (χ0n) is 5.10. The molecule has 0 heterocycles. The van der Waals surface area contributed by atoms with Crippen LogP contribution in [0.2, 0.25) is 0 Å². The number of alkyl halides is 2. The predicted octanol–water partition coefficient (Wildman–Crippen LogP) is 0.954. The first-order chi connectivity index (χ1) is 4.09. The first kappa shape index (κ1) is 9.05. The van der Waals surface area contributed by atoms with Crippen LogP contribution in [0.3, 0.4) is 0 Å². The molecule has 54 valence electrons. The molecule has 0 rings (SSSR count). The lowest BCUT2D eigenvalue weighted by molar-refractivity contribution is -0.121. The first-order valence-corrected chi connectivity index (χ1v) is 3.56. The molecule has 1 amide bonds. The van der Waals surface area contributed by atoms with E-state index in [1.54, 1.807) is 6.92 Å². The predicted molar refractivity (Wildman–Crippen MR) is 38.7 cm³/mol. The van der Waals surface area contributed by atoms with Gasteiger partial charge < -0.3 is 5.73 Å². The highest BCUT2D eigenvalue weighted by Gasteiger charge is 2.17. The molecule has 0 aliphatic carbocycles. The van der Waals surface area contributed by atoms with Gasteiger partial charge in [0.2, 0.25) is 5.91 Å². The van der Waals surface area contributed by atoms with E-state index in [9.17, 15) is 4.79 Å². The highest BCUT2D eigenvalue weighted by atomic mass is 35.5. The Morgan fingerprint density at radius 3 is 2.33 bits per heavy atom. The quantitative estimate of drug-likeness (QED) is 0.629. The SMILES string of the molecule is CC(C(N)=O)C(Cl)CCl. The van der Waals surface area contributed by atoms with Crippen LogP contribution < -0.4 is 5.73 Å². The maximum absolute atomic E-state index is 10.4. The van der Waals surface area contributed by atoms with Gasteiger partial charge in [-0.15, -0.1) is 23.2 Å². The zero-order chi connectivity index (χ0) is 7.44. The van der Waals surface area contributed by atoms with Crippen LogP contribution in [-0.2, 0) is 4.79 Å². The lowest BCUT2D eigenvalue weighted by Crippen LogP contribution is -2.28. The van der Waals surface area contributed by atoms with Crippen molar-refractivity contribution in [3.05, 3.63) is 0 Å². The monoisotopic (exact) mass is 169 g/mol. The minimum atomic E-state index is -0.407. The lowest BCUT2D eigenvalue weighted by atomic mass is 10.1. The van der Waals surface area contributed by atoms with Crippen molar-refractivity contribution in [3.63, 3.8) is 0 Å². The van der Waals surface area contributed by atoms with Gasteiger partial charge in [-0.25, -0.2) is 0 Å². The zero-order valence-corrected chi connectivity index (χ0v) is 6.62. The van der Waals surface area contributed by atoms with Crippen LogP contribution in [0.5, 0.6) is 0 Å². The number of amides is 1. The largest absolute Gasteiger partial charge is 0.369 e. The van der Waals surface area contributed by atoms with Gasteiger partial charge >= 0.3 is 0 Å². The Morgan fingerprint density at radius 2 is 2.22 bits per heavy atom. The van der Waals surface area contributed by atoms with Crippen LogP contribution in [0, 0.1) is 5.92 Å². The highest BCUT2D eigenvalue weighted by molar-refractivity contribution is 6.29. The van der Waals surface area contributed by atoms with Crippen LogP contribution in [0.25, 0.3) is 0 Å². The molecule has 2 unspecified atom stereocenters. The Hall–Kier alpha value is 0.0500. The second-order valence-corrected chi connectivity index (χ2v) is 2.73. The number of carbonyl (C=O) groups is 1. The summed E-state index contributed by atoms with van der Waals surface area (Å²) < 4.78 is 0. The van der Waals surface area contributed by atoms with Gasteiger partial charge in [0.1, 0.15) is 0 Å². The Bertz CT molecular complexity index is 107. The average molecular weight is 170 g/mol. The maximum atomic E-state index is 10.4. The summed E-state index contributed by atoms with van der Waals surface area (Å²) in [5.41, 5.74) is 4.93. The molecule has 0 aromatic heterocycles. The van der Waals surface area contributed by atoms with E-state index in [0.717, 1.165) is 0 Å². The molecule has 0 fully saturated rings. The molecule has 0 bridgehead atoms. The van der Waals surface area contributed by atoms with Crippen molar-refractivity contribution < 1.29 is 4.79 Å². The van der Waals surface area contributed by atoms with Crippen molar-refractivity contribution >= 4 is 29.1 Å². The standard InChI is InChI=1S/C5H9Cl2NO/c1-3(5(8)9)4(7)2-6/h3-4H,2H2,1H3,(H2,8,9). The van der Waals surface area contributed by atoms with Crippen molar-refractivity contribution in [3.8, 4) is 0 Å². The molecule has 9 heavy (non-hydrogen) atoms. The maximum Gasteiger partial charge on any atom is 0.221 e. The normalized spacial score (nSPS) is 16.8. The molecule has 4 heteroatoms. The van der Waals surface area contributed by atoms with Gasteiger partial charge in [0, 0.05) is 5.88 Å². The molecule has 0 aliphatic rings. The second-order valence-electron chi connectivity index (χ2n) is 1.86. The summed E-state index contributed by atoms with van der Waals surface area (Å²) in [7, 11) is 0. The summed E-state index contributed by atoms with van der Waals surface area (Å²) in [5.74, 6) is -0.495. The topological polar surface area (TPSA) is 43.1 Å². The van der Waals surface area contributed by atoms with E-state index < -0.39 is 5.91 Å². The molecular weight excluding hydrogens is 161 g/mol. The number of carbonyl (C=O) groups excluding carboxylic acids is 1. The van der Waals surface area contributed by atoms with Crippen LogP contribution in [0.1, 0.15) is 6.92 Å². The summed E-state index contributed by atoms with van der Waals surface area (Å²) in [5, 5.41) is -0.343. The van der Waals surface area contributed by atoms with Crippen LogP contribution in [0.15, 0.2) is 0 Å². The minimum Gasteiger partial charge on any atom is -0.369 e. The van der Waals surface area contributed by atoms with E-state index >= 15 is 0 Å². The first-order valence-electron chi connectivity index (χ1n) is 2.59. The highest BCUT2D eigenvalue weighted by Crippen LogP contribution is 2.10. The Kier molecular flexibility index (Phi) is 3.98. The van der Waals surface area contributed by atoms with Gasteiger partial charge in [0.15, 0.2) is 0 Å². The van der Waals surface area contributed by atoms with Crippen LogP contribution in [-0.4, -0.2) is 17.2 Å². The van der Waals surface area contributed by atoms with Crippen molar-refractivity contribution in [2.45, 2.75) is 12.3 Å². The number of halogens is 2. The molecule has 0 saturated carbocycles. The third-order valence-electron chi connectivity index (χ3n) is 1.14. The third kappa shape index (κ3) is 2.92. The average Bonchev–Trinajstić information content (AvgIpc) is 1.84. The van der Waals surface area contributed by atoms with E-state index in [1.165, 1.54) is 0 Å². The fourth-order valence-electron chi connectivity index (χ4n) is 0.312. The Labute approximate surface area is 64.3 Å². The van der Waals surface area contributed by atoms with E-state index in [4.69, 9.17) is 28.9 Å². The van der Waals surface area contributed by atoms with Gasteiger partial charge in [-0.3, -0.25) is 4.79 Å². The summed E-state index contributed by atoms with van der Waals surface area (Å²) in [6.45, 7) is 1.66. The fraction of sp³-hybridized carbons (Fsp3) is 0.800. The molecule has 0 aliphatic heterocycles. The van der Waals surface area contributed by atoms with Gasteiger partial charge in [0.25, 0.3) is 0 Å². The lowest BCUT2D eigenvalue weighted by Gasteiger charge is -2.09. The molecule has 2 N–H and O–H groups in total. The molecule has 0 aromatic carbocycles. The Morgan fingerprint density at radius 1 is 1.78 bits per heavy atom. The number of hydrogen-bond donors (Lipinski definition) is 1. The van der Waals surface area contributed by atoms with Gasteiger partial charge in [-0.2, -0.15) is 0 Å². The van der Waals surface area contributed by atoms with Crippen molar-refractivity contribution in [2.24, 2.45) is 11.7 Å². The third-order valence-corrected chi connectivity index (χ3v) is 2.16. The minimum absolute atomic E-state index is 0.256. The van der Waals surface area contributed by atoms with E-state index in [-0.39, 0.29) is 17.2 Å². The van der Waals surface area contributed by atoms with Gasteiger partial charge in [-0.1, -0.05) is 6.92 Å². The van der Waals surface area contributed by atoms with Crippen molar-refractivity contribution in [1.82, 2.24) is 0 Å². The van der Waals surface area contributed by atoms with Gasteiger partial charge in [0.05, 0.1) is 11.3 Å². The molecule has 0 spiro atoms. The van der Waals surface area contributed by atoms with Crippen molar-refractivity contribution in [2.75, 3.05) is 5.88 Å². The van der Waals surface area contributed by atoms with E-state index in [1.807, 2.05) is 0 Å². The van der Waals surface area contributed by atoms with E-state index in [0.29, 0.717) is 0 Å². The molecule has 2 nitrogen and oxygen atoms in total. The van der Waals surface area contributed by atoms with Crippen LogP contribution >= 0.6 is 23.2 Å². The second kappa shape index (κ2) is 3.96. The number of primary amides is 1.